The molecular weight excluding hydrogens is 285 g/mol. The van der Waals surface area contributed by atoms with Crippen molar-refractivity contribution in [1.82, 2.24) is 4.98 Å². The van der Waals surface area contributed by atoms with Gasteiger partial charge in [0.05, 0.1) is 19.4 Å². The molecule has 2 rings (SSSR count). The first kappa shape index (κ1) is 14.1. The van der Waals surface area contributed by atoms with Gasteiger partial charge in [0.1, 0.15) is 5.75 Å². The average Bonchev–Trinajstić information content (AvgIpc) is 2.43. The van der Waals surface area contributed by atoms with Gasteiger partial charge in [-0.3, -0.25) is 4.98 Å². The Morgan fingerprint density at radius 2 is 1.95 bits per heavy atom. The molecule has 0 saturated heterocycles. The second-order valence-corrected chi connectivity index (χ2v) is 4.89. The Labute approximate surface area is 121 Å². The Morgan fingerprint density at radius 3 is 2.58 bits per heavy atom. The summed E-state index contributed by atoms with van der Waals surface area (Å²) in [5.41, 5.74) is 1.39. The van der Waals surface area contributed by atoms with Gasteiger partial charge in [-0.15, -0.1) is 0 Å². The summed E-state index contributed by atoms with van der Waals surface area (Å²) >= 11 is 12.2. The van der Waals surface area contributed by atoms with Crippen molar-refractivity contribution < 1.29 is 9.84 Å². The highest BCUT2D eigenvalue weighted by Crippen LogP contribution is 2.29. The fourth-order valence-electron chi connectivity index (χ4n) is 1.77. The number of aliphatic hydroxyl groups excluding tert-OH is 1. The molecule has 1 unspecified atom stereocenters. The number of benzene rings is 1. The molecule has 1 heterocycles. The third-order valence-electron chi connectivity index (χ3n) is 2.81. The number of halogens is 2. The SMILES string of the molecule is COc1cncc(C(O)Cc2c(Cl)cccc2Cl)c1. The highest BCUT2D eigenvalue weighted by Gasteiger charge is 2.14. The predicted octanol–water partition coefficient (Wildman–Crippen LogP) is 3.67. The van der Waals surface area contributed by atoms with E-state index in [2.05, 4.69) is 4.98 Å². The van der Waals surface area contributed by atoms with E-state index < -0.39 is 6.10 Å². The molecule has 1 N–H and O–H groups in total. The van der Waals surface area contributed by atoms with Gasteiger partial charge < -0.3 is 9.84 Å². The third-order valence-corrected chi connectivity index (χ3v) is 3.52. The molecule has 0 amide bonds. The fraction of sp³-hybridized carbons (Fsp3) is 0.214. The maximum Gasteiger partial charge on any atom is 0.137 e. The Balaban J connectivity index is 2.23. The molecule has 0 radical (unpaired) electrons. The van der Waals surface area contributed by atoms with Crippen LogP contribution in [0, 0.1) is 0 Å². The van der Waals surface area contributed by atoms with E-state index in [4.69, 9.17) is 27.9 Å². The molecular formula is C14H13Cl2NO2. The molecule has 3 nitrogen and oxygen atoms in total. The number of ether oxygens (including phenoxy) is 1. The molecule has 100 valence electrons. The number of aliphatic hydroxyl groups is 1. The standard InChI is InChI=1S/C14H13Cl2NO2/c1-19-10-5-9(7-17-8-10)14(18)6-11-12(15)3-2-4-13(11)16/h2-5,7-8,14,18H,6H2,1H3. The van der Waals surface area contributed by atoms with Crippen LogP contribution >= 0.6 is 23.2 Å². The maximum atomic E-state index is 10.2. The number of aromatic nitrogens is 1. The van der Waals surface area contributed by atoms with Crippen LogP contribution < -0.4 is 4.74 Å². The van der Waals surface area contributed by atoms with Gasteiger partial charge in [0.25, 0.3) is 0 Å². The van der Waals surface area contributed by atoms with Crippen molar-refractivity contribution in [2.24, 2.45) is 0 Å². The van der Waals surface area contributed by atoms with Crippen LogP contribution in [0.5, 0.6) is 5.75 Å². The topological polar surface area (TPSA) is 42.4 Å². The van der Waals surface area contributed by atoms with E-state index in [0.29, 0.717) is 27.8 Å². The van der Waals surface area contributed by atoms with Crippen LogP contribution in [0.2, 0.25) is 10.0 Å². The second-order valence-electron chi connectivity index (χ2n) is 4.08. The van der Waals surface area contributed by atoms with Gasteiger partial charge in [-0.25, -0.2) is 0 Å². The van der Waals surface area contributed by atoms with Crippen molar-refractivity contribution in [3.8, 4) is 5.75 Å². The Hall–Kier alpha value is -1.29. The summed E-state index contributed by atoms with van der Waals surface area (Å²) in [6, 6.07) is 7.01. The quantitative estimate of drug-likeness (QED) is 0.936. The van der Waals surface area contributed by atoms with E-state index in [1.165, 1.54) is 0 Å². The Kier molecular flexibility index (Phi) is 4.64. The normalized spacial score (nSPS) is 12.2. The lowest BCUT2D eigenvalue weighted by atomic mass is 10.0. The highest BCUT2D eigenvalue weighted by atomic mass is 35.5. The summed E-state index contributed by atoms with van der Waals surface area (Å²) in [5.74, 6) is 0.599. The summed E-state index contributed by atoms with van der Waals surface area (Å²) in [6.07, 6.45) is 2.77. The summed E-state index contributed by atoms with van der Waals surface area (Å²) in [6.45, 7) is 0. The zero-order valence-electron chi connectivity index (χ0n) is 10.3. The molecule has 0 aliphatic rings. The largest absolute Gasteiger partial charge is 0.495 e. The van der Waals surface area contributed by atoms with E-state index >= 15 is 0 Å². The number of nitrogens with zero attached hydrogens (tertiary/aromatic N) is 1. The number of pyridine rings is 1. The van der Waals surface area contributed by atoms with E-state index in [1.54, 1.807) is 43.8 Å². The van der Waals surface area contributed by atoms with Gasteiger partial charge in [0, 0.05) is 28.2 Å². The number of rotatable bonds is 4. The minimum Gasteiger partial charge on any atom is -0.495 e. The lowest BCUT2D eigenvalue weighted by Gasteiger charge is -2.13. The number of hydrogen-bond donors (Lipinski definition) is 1. The molecule has 5 heteroatoms. The van der Waals surface area contributed by atoms with Crippen LogP contribution in [0.4, 0.5) is 0 Å². The minimum absolute atomic E-state index is 0.327. The zero-order chi connectivity index (χ0) is 13.8. The lowest BCUT2D eigenvalue weighted by Crippen LogP contribution is -2.04. The molecule has 1 atom stereocenters. The molecule has 0 spiro atoms. The Bertz CT molecular complexity index is 555. The molecule has 1 aromatic carbocycles. The fourth-order valence-corrected chi connectivity index (χ4v) is 2.32. The summed E-state index contributed by atoms with van der Waals surface area (Å²) in [4.78, 5) is 4.01. The van der Waals surface area contributed by atoms with Crippen LogP contribution in [0.3, 0.4) is 0 Å². The number of hydrogen-bond acceptors (Lipinski definition) is 3. The molecule has 0 aliphatic carbocycles. The van der Waals surface area contributed by atoms with Gasteiger partial charge in [-0.05, 0) is 23.8 Å². The maximum absolute atomic E-state index is 10.2. The highest BCUT2D eigenvalue weighted by molar-refractivity contribution is 6.35. The van der Waals surface area contributed by atoms with Crippen molar-refractivity contribution in [3.05, 3.63) is 57.8 Å². The van der Waals surface area contributed by atoms with Crippen LogP contribution in [0.25, 0.3) is 0 Å². The van der Waals surface area contributed by atoms with Crippen molar-refractivity contribution in [1.29, 1.82) is 0 Å². The molecule has 2 aromatic rings. The first-order valence-corrected chi connectivity index (χ1v) is 6.47. The van der Waals surface area contributed by atoms with Crippen LogP contribution in [-0.2, 0) is 6.42 Å². The van der Waals surface area contributed by atoms with Gasteiger partial charge in [0.2, 0.25) is 0 Å². The Morgan fingerprint density at radius 1 is 1.26 bits per heavy atom. The molecule has 0 saturated carbocycles. The van der Waals surface area contributed by atoms with Gasteiger partial charge in [-0.2, -0.15) is 0 Å². The first-order chi connectivity index (χ1) is 9.11. The molecule has 1 aromatic heterocycles. The zero-order valence-corrected chi connectivity index (χ0v) is 11.8. The van der Waals surface area contributed by atoms with E-state index in [1.807, 2.05) is 0 Å². The van der Waals surface area contributed by atoms with Crippen LogP contribution in [-0.4, -0.2) is 17.2 Å². The predicted molar refractivity (Wildman–Crippen MR) is 75.9 cm³/mol. The molecule has 0 bridgehead atoms. The van der Waals surface area contributed by atoms with Crippen LogP contribution in [0.1, 0.15) is 17.2 Å². The van der Waals surface area contributed by atoms with E-state index in [9.17, 15) is 5.11 Å². The lowest BCUT2D eigenvalue weighted by molar-refractivity contribution is 0.177. The molecule has 0 fully saturated rings. The molecule has 19 heavy (non-hydrogen) atoms. The van der Waals surface area contributed by atoms with E-state index in [-0.39, 0.29) is 0 Å². The van der Waals surface area contributed by atoms with Crippen molar-refractivity contribution in [3.63, 3.8) is 0 Å². The minimum atomic E-state index is -0.736. The number of methoxy groups -OCH3 is 1. The summed E-state index contributed by atoms with van der Waals surface area (Å²) < 4.78 is 5.08. The first-order valence-electron chi connectivity index (χ1n) is 5.71. The van der Waals surface area contributed by atoms with Gasteiger partial charge in [0.15, 0.2) is 0 Å². The average molecular weight is 298 g/mol. The third kappa shape index (κ3) is 3.38. The summed E-state index contributed by atoms with van der Waals surface area (Å²) in [7, 11) is 1.55. The van der Waals surface area contributed by atoms with Crippen molar-refractivity contribution in [2.45, 2.75) is 12.5 Å². The van der Waals surface area contributed by atoms with Gasteiger partial charge in [-0.1, -0.05) is 29.3 Å². The monoisotopic (exact) mass is 297 g/mol. The van der Waals surface area contributed by atoms with Crippen molar-refractivity contribution >= 4 is 23.2 Å². The molecule has 0 aliphatic heterocycles. The van der Waals surface area contributed by atoms with E-state index in [0.717, 1.165) is 5.56 Å². The van der Waals surface area contributed by atoms with Crippen molar-refractivity contribution in [2.75, 3.05) is 7.11 Å². The van der Waals surface area contributed by atoms with Gasteiger partial charge >= 0.3 is 0 Å². The van der Waals surface area contributed by atoms with Crippen LogP contribution in [0.15, 0.2) is 36.7 Å². The second kappa shape index (κ2) is 6.24. The smallest absolute Gasteiger partial charge is 0.137 e. The summed E-state index contributed by atoms with van der Waals surface area (Å²) in [5, 5.41) is 11.3.